The Kier molecular flexibility index (Phi) is 5.91. The van der Waals surface area contributed by atoms with Crippen molar-refractivity contribution >= 4 is 33.2 Å². The first-order valence-corrected chi connectivity index (χ1v) is 7.96. The summed E-state index contributed by atoms with van der Waals surface area (Å²) in [6.07, 6.45) is 3.90. The third-order valence-electron chi connectivity index (χ3n) is 2.60. The zero-order chi connectivity index (χ0) is 13.8. The van der Waals surface area contributed by atoms with E-state index in [1.165, 1.54) is 15.2 Å². The van der Waals surface area contributed by atoms with Crippen LogP contribution in [-0.2, 0) is 17.1 Å². The van der Waals surface area contributed by atoms with Crippen LogP contribution in [0.1, 0.15) is 19.3 Å². The van der Waals surface area contributed by atoms with Gasteiger partial charge in [-0.2, -0.15) is 9.40 Å². The summed E-state index contributed by atoms with van der Waals surface area (Å²) in [4.78, 5) is 0. The topological polar surface area (TPSA) is 55.2 Å². The molecule has 0 aliphatic heterocycles. The Morgan fingerprint density at radius 1 is 1.39 bits per heavy atom. The van der Waals surface area contributed by atoms with Gasteiger partial charge in [-0.05, 0) is 12.8 Å². The van der Waals surface area contributed by atoms with E-state index in [4.69, 9.17) is 23.2 Å². The fourth-order valence-electron chi connectivity index (χ4n) is 1.56. The summed E-state index contributed by atoms with van der Waals surface area (Å²) in [6.45, 7) is 0.445. The zero-order valence-corrected chi connectivity index (χ0v) is 12.8. The fraction of sp³-hybridized carbons (Fsp3) is 0.700. The normalized spacial score (nSPS) is 12.3. The third kappa shape index (κ3) is 3.60. The first kappa shape index (κ1) is 15.8. The molecule has 0 unspecified atom stereocenters. The van der Waals surface area contributed by atoms with Crippen LogP contribution in [0.3, 0.4) is 0 Å². The van der Waals surface area contributed by atoms with Gasteiger partial charge in [-0.3, -0.25) is 4.68 Å². The van der Waals surface area contributed by atoms with E-state index in [1.54, 1.807) is 14.1 Å². The van der Waals surface area contributed by atoms with Crippen LogP contribution in [0.2, 0.25) is 5.02 Å². The number of hydrogen-bond acceptors (Lipinski definition) is 3. The molecule has 1 aromatic rings. The summed E-state index contributed by atoms with van der Waals surface area (Å²) in [6, 6.07) is 0. The third-order valence-corrected chi connectivity index (χ3v) is 5.24. The predicted molar refractivity (Wildman–Crippen MR) is 72.6 cm³/mol. The maximum atomic E-state index is 12.3. The van der Waals surface area contributed by atoms with Gasteiger partial charge in [0.15, 0.2) is 5.03 Å². The molecule has 0 fully saturated rings. The van der Waals surface area contributed by atoms with Crippen LogP contribution < -0.4 is 0 Å². The van der Waals surface area contributed by atoms with Gasteiger partial charge in [-0.15, -0.1) is 11.6 Å². The minimum Gasteiger partial charge on any atom is -0.255 e. The number of rotatable bonds is 7. The van der Waals surface area contributed by atoms with Crippen molar-refractivity contribution in [3.8, 4) is 0 Å². The number of halogens is 2. The van der Waals surface area contributed by atoms with Gasteiger partial charge in [0, 0.05) is 26.5 Å². The number of sulfonamides is 1. The van der Waals surface area contributed by atoms with Gasteiger partial charge in [0.1, 0.15) is 0 Å². The van der Waals surface area contributed by atoms with Crippen molar-refractivity contribution in [3.63, 3.8) is 0 Å². The molecule has 104 valence electrons. The number of hydrogen-bond donors (Lipinski definition) is 0. The highest BCUT2D eigenvalue weighted by molar-refractivity contribution is 7.89. The van der Waals surface area contributed by atoms with Crippen molar-refractivity contribution in [1.82, 2.24) is 14.1 Å². The molecule has 0 aliphatic carbocycles. The van der Waals surface area contributed by atoms with Crippen LogP contribution in [-0.4, -0.2) is 42.0 Å². The number of unbranched alkanes of at least 4 members (excludes halogenated alkanes) is 2. The molecule has 0 amide bonds. The van der Waals surface area contributed by atoms with Gasteiger partial charge in [0.25, 0.3) is 10.0 Å². The molecule has 0 atom stereocenters. The Morgan fingerprint density at radius 2 is 2.06 bits per heavy atom. The van der Waals surface area contributed by atoms with Gasteiger partial charge in [0.2, 0.25) is 0 Å². The van der Waals surface area contributed by atoms with Crippen LogP contribution in [0.4, 0.5) is 0 Å². The Bertz CT molecular complexity index is 468. The lowest BCUT2D eigenvalue weighted by molar-refractivity contribution is 0.447. The fourth-order valence-corrected chi connectivity index (χ4v) is 3.56. The molecule has 0 aliphatic rings. The smallest absolute Gasteiger partial charge is 0.255 e. The standard InChI is InChI=1S/C10H17Cl2N3O2S/c1-14(7-5-3-4-6-11)18(16,17)10-9(12)8-13-15(10)2/h8H,3-7H2,1-2H3. The van der Waals surface area contributed by atoms with E-state index in [9.17, 15) is 8.42 Å². The van der Waals surface area contributed by atoms with Crippen LogP contribution in [0, 0.1) is 0 Å². The molecule has 18 heavy (non-hydrogen) atoms. The van der Waals surface area contributed by atoms with Crippen LogP contribution in [0.25, 0.3) is 0 Å². The largest absolute Gasteiger partial charge is 0.261 e. The van der Waals surface area contributed by atoms with Crippen molar-refractivity contribution in [2.75, 3.05) is 19.5 Å². The molecule has 0 N–H and O–H groups in total. The molecule has 1 rings (SSSR count). The minimum atomic E-state index is -3.58. The van der Waals surface area contributed by atoms with E-state index in [0.717, 1.165) is 19.3 Å². The highest BCUT2D eigenvalue weighted by Gasteiger charge is 2.26. The predicted octanol–water partition coefficient (Wildman–Crippen LogP) is 2.10. The van der Waals surface area contributed by atoms with Crippen LogP contribution in [0.15, 0.2) is 11.2 Å². The van der Waals surface area contributed by atoms with E-state index in [2.05, 4.69) is 5.10 Å². The molecule has 0 aromatic carbocycles. The van der Waals surface area contributed by atoms with Crippen molar-refractivity contribution in [2.24, 2.45) is 7.05 Å². The van der Waals surface area contributed by atoms with Gasteiger partial charge in [-0.25, -0.2) is 8.42 Å². The second-order valence-corrected chi connectivity index (χ2v) is 6.74. The summed E-state index contributed by atoms with van der Waals surface area (Å²) in [5, 5.41) is 4.01. The second-order valence-electron chi connectivity index (χ2n) is 4.00. The molecule has 1 aromatic heterocycles. The molecule has 0 radical (unpaired) electrons. The quantitative estimate of drug-likeness (QED) is 0.572. The van der Waals surface area contributed by atoms with Crippen molar-refractivity contribution in [1.29, 1.82) is 0 Å². The molecule has 0 saturated carbocycles. The SMILES string of the molecule is CN(CCCCCCl)S(=O)(=O)c1c(Cl)cnn1C. The summed E-state index contributed by atoms with van der Waals surface area (Å²) in [5.74, 6) is 0.601. The average molecular weight is 314 g/mol. The monoisotopic (exact) mass is 313 g/mol. The summed E-state index contributed by atoms with van der Waals surface area (Å²) >= 11 is 11.4. The Hall–Kier alpha value is -0.300. The summed E-state index contributed by atoms with van der Waals surface area (Å²) in [7, 11) is -0.479. The highest BCUT2D eigenvalue weighted by Crippen LogP contribution is 2.23. The molecule has 8 heteroatoms. The van der Waals surface area contributed by atoms with Gasteiger partial charge >= 0.3 is 0 Å². The Balaban J connectivity index is 2.75. The average Bonchev–Trinajstić information content (AvgIpc) is 2.64. The number of aromatic nitrogens is 2. The van der Waals surface area contributed by atoms with Crippen molar-refractivity contribution in [2.45, 2.75) is 24.3 Å². The summed E-state index contributed by atoms with van der Waals surface area (Å²) < 4.78 is 27.1. The molecule has 5 nitrogen and oxygen atoms in total. The van der Waals surface area contributed by atoms with E-state index < -0.39 is 10.0 Å². The molecule has 0 saturated heterocycles. The zero-order valence-electron chi connectivity index (χ0n) is 10.4. The molecule has 0 bridgehead atoms. The maximum Gasteiger partial charge on any atom is 0.261 e. The van der Waals surface area contributed by atoms with Gasteiger partial charge in [0.05, 0.1) is 11.2 Å². The van der Waals surface area contributed by atoms with Crippen molar-refractivity contribution in [3.05, 3.63) is 11.2 Å². The first-order valence-electron chi connectivity index (χ1n) is 5.61. The van der Waals surface area contributed by atoms with Crippen LogP contribution in [0.5, 0.6) is 0 Å². The number of alkyl halides is 1. The minimum absolute atomic E-state index is 0.0315. The molecular weight excluding hydrogens is 297 g/mol. The van der Waals surface area contributed by atoms with Crippen molar-refractivity contribution < 1.29 is 8.42 Å². The number of aryl methyl sites for hydroxylation is 1. The lowest BCUT2D eigenvalue weighted by Gasteiger charge is -2.17. The first-order chi connectivity index (χ1) is 8.41. The van der Waals surface area contributed by atoms with E-state index in [1.807, 2.05) is 0 Å². The highest BCUT2D eigenvalue weighted by atomic mass is 35.5. The molecular formula is C10H17Cl2N3O2S. The maximum absolute atomic E-state index is 12.3. The second kappa shape index (κ2) is 6.75. The Morgan fingerprint density at radius 3 is 2.56 bits per heavy atom. The lowest BCUT2D eigenvalue weighted by Crippen LogP contribution is -2.29. The van der Waals surface area contributed by atoms with Crippen LogP contribution >= 0.6 is 23.2 Å². The van der Waals surface area contributed by atoms with E-state index in [0.29, 0.717) is 12.4 Å². The van der Waals surface area contributed by atoms with E-state index in [-0.39, 0.29) is 10.0 Å². The summed E-state index contributed by atoms with van der Waals surface area (Å²) in [5.41, 5.74) is 0. The number of nitrogens with zero attached hydrogens (tertiary/aromatic N) is 3. The molecule has 1 heterocycles. The van der Waals surface area contributed by atoms with Gasteiger partial charge in [-0.1, -0.05) is 18.0 Å². The van der Waals surface area contributed by atoms with Gasteiger partial charge < -0.3 is 0 Å². The lowest BCUT2D eigenvalue weighted by atomic mass is 10.2. The molecule has 0 spiro atoms. The Labute approximate surface area is 118 Å². The van der Waals surface area contributed by atoms with E-state index >= 15 is 0 Å².